The third kappa shape index (κ3) is 2.72. The molecule has 0 aliphatic heterocycles. The van der Waals surface area contributed by atoms with Gasteiger partial charge in [0.1, 0.15) is 5.52 Å². The second kappa shape index (κ2) is 6.12. The summed E-state index contributed by atoms with van der Waals surface area (Å²) >= 11 is 0. The van der Waals surface area contributed by atoms with Gasteiger partial charge >= 0.3 is 0 Å². The van der Waals surface area contributed by atoms with Crippen LogP contribution in [0.15, 0.2) is 24.9 Å². The maximum absolute atomic E-state index is 5.92. The Hall–Kier alpha value is -1.77. The van der Waals surface area contributed by atoms with E-state index in [1.54, 1.807) is 0 Å². The van der Waals surface area contributed by atoms with Crippen LogP contribution in [0, 0.1) is 19.8 Å². The number of ether oxygens (including phenoxy) is 1. The Bertz CT molecular complexity index is 611. The summed E-state index contributed by atoms with van der Waals surface area (Å²) in [5.41, 5.74) is 3.63. The molecule has 0 atom stereocenters. The number of hydrogen-bond donors (Lipinski definition) is 0. The lowest BCUT2D eigenvalue weighted by molar-refractivity contribution is 0.281. The van der Waals surface area contributed by atoms with Crippen molar-refractivity contribution in [2.75, 3.05) is 6.61 Å². The van der Waals surface area contributed by atoms with E-state index in [0.717, 1.165) is 24.4 Å². The predicted octanol–water partition coefficient (Wildman–Crippen LogP) is 4.26. The smallest absolute Gasteiger partial charge is 0.238 e. The Balaban J connectivity index is 2.44. The highest BCUT2D eigenvalue weighted by atomic mass is 16.5. The third-order valence-corrected chi connectivity index (χ3v) is 3.76. The summed E-state index contributed by atoms with van der Waals surface area (Å²) in [6.07, 6.45) is 4.78. The van der Waals surface area contributed by atoms with E-state index in [2.05, 4.69) is 49.9 Å². The molecule has 0 N–H and O–H groups in total. The van der Waals surface area contributed by atoms with Crippen molar-refractivity contribution in [3.8, 4) is 5.88 Å². The van der Waals surface area contributed by atoms with Crippen LogP contribution >= 0.6 is 0 Å². The molecule has 3 heteroatoms. The highest BCUT2D eigenvalue weighted by Crippen LogP contribution is 2.30. The van der Waals surface area contributed by atoms with Gasteiger partial charge in [0.05, 0.1) is 6.61 Å². The van der Waals surface area contributed by atoms with Crippen molar-refractivity contribution in [3.63, 3.8) is 0 Å². The van der Waals surface area contributed by atoms with Gasteiger partial charge in [-0.1, -0.05) is 19.9 Å². The van der Waals surface area contributed by atoms with Crippen LogP contribution in [-0.2, 0) is 6.54 Å². The maximum Gasteiger partial charge on any atom is 0.238 e. The molecule has 0 aliphatic carbocycles. The molecule has 3 nitrogen and oxygen atoms in total. The molecule has 0 amide bonds. The molecule has 0 saturated heterocycles. The van der Waals surface area contributed by atoms with Gasteiger partial charge in [-0.15, -0.1) is 6.58 Å². The normalized spacial score (nSPS) is 11.2. The van der Waals surface area contributed by atoms with E-state index in [1.165, 1.54) is 16.6 Å². The number of hydrogen-bond acceptors (Lipinski definition) is 2. The molecule has 0 aromatic carbocycles. The topological polar surface area (TPSA) is 27.1 Å². The molecule has 20 heavy (non-hydrogen) atoms. The zero-order valence-electron chi connectivity index (χ0n) is 12.9. The fourth-order valence-electron chi connectivity index (χ4n) is 2.42. The molecule has 2 heterocycles. The molecule has 108 valence electrons. The van der Waals surface area contributed by atoms with Crippen LogP contribution in [0.5, 0.6) is 5.88 Å². The van der Waals surface area contributed by atoms with E-state index in [-0.39, 0.29) is 0 Å². The van der Waals surface area contributed by atoms with Crippen molar-refractivity contribution in [3.05, 3.63) is 36.2 Å². The summed E-state index contributed by atoms with van der Waals surface area (Å²) in [5.74, 6) is 1.37. The highest BCUT2D eigenvalue weighted by molar-refractivity contribution is 5.88. The molecule has 0 bridgehead atoms. The van der Waals surface area contributed by atoms with Gasteiger partial charge in [0.15, 0.2) is 0 Å². The van der Waals surface area contributed by atoms with Gasteiger partial charge in [0.2, 0.25) is 5.88 Å². The first-order valence-corrected chi connectivity index (χ1v) is 7.24. The van der Waals surface area contributed by atoms with Gasteiger partial charge < -0.3 is 9.30 Å². The van der Waals surface area contributed by atoms with E-state index in [1.807, 2.05) is 12.3 Å². The zero-order chi connectivity index (χ0) is 14.7. The van der Waals surface area contributed by atoms with Crippen molar-refractivity contribution >= 4 is 10.9 Å². The van der Waals surface area contributed by atoms with Gasteiger partial charge in [-0.25, -0.2) is 4.98 Å². The second-order valence-corrected chi connectivity index (χ2v) is 5.65. The van der Waals surface area contributed by atoms with Crippen molar-refractivity contribution in [1.29, 1.82) is 0 Å². The van der Waals surface area contributed by atoms with Gasteiger partial charge in [-0.3, -0.25) is 0 Å². The van der Waals surface area contributed by atoms with Crippen molar-refractivity contribution in [2.45, 2.75) is 40.7 Å². The van der Waals surface area contributed by atoms with E-state index in [9.17, 15) is 0 Å². The third-order valence-electron chi connectivity index (χ3n) is 3.76. The number of allylic oxidation sites excluding steroid dienone is 1. The van der Waals surface area contributed by atoms with Gasteiger partial charge in [0.25, 0.3) is 0 Å². The first-order chi connectivity index (χ1) is 9.56. The van der Waals surface area contributed by atoms with Gasteiger partial charge in [-0.05, 0) is 37.8 Å². The quantitative estimate of drug-likeness (QED) is 0.734. The first-order valence-electron chi connectivity index (χ1n) is 7.24. The van der Waals surface area contributed by atoms with Crippen LogP contribution in [0.3, 0.4) is 0 Å². The summed E-state index contributed by atoms with van der Waals surface area (Å²) in [6.45, 7) is 14.0. The fraction of sp³-hybridized carbons (Fsp3) is 0.471. The predicted molar refractivity (Wildman–Crippen MR) is 84.4 cm³/mol. The lowest BCUT2D eigenvalue weighted by Gasteiger charge is -2.11. The Morgan fingerprint density at radius 3 is 2.80 bits per heavy atom. The number of nitrogens with zero attached hydrogens (tertiary/aromatic N) is 2. The standard InChI is InChI=1S/C17H24N2O/c1-6-10-19-14(5)13(4)15-7-9-18-17(16(15)19)20-11-8-12(2)3/h6-7,9,12H,1,8,10-11H2,2-5H3. The van der Waals surface area contributed by atoms with Crippen LogP contribution in [0.25, 0.3) is 10.9 Å². The summed E-state index contributed by atoms with van der Waals surface area (Å²) < 4.78 is 8.15. The van der Waals surface area contributed by atoms with Crippen LogP contribution in [0.2, 0.25) is 0 Å². The monoisotopic (exact) mass is 272 g/mol. The fourth-order valence-corrected chi connectivity index (χ4v) is 2.42. The highest BCUT2D eigenvalue weighted by Gasteiger charge is 2.15. The molecular formula is C17H24N2O. The molecule has 2 aromatic rings. The Morgan fingerprint density at radius 2 is 2.15 bits per heavy atom. The summed E-state index contributed by atoms with van der Waals surface area (Å²) in [7, 11) is 0. The average molecular weight is 272 g/mol. The van der Waals surface area contributed by atoms with E-state index >= 15 is 0 Å². The molecule has 0 saturated carbocycles. The van der Waals surface area contributed by atoms with Crippen LogP contribution in [0.4, 0.5) is 0 Å². The second-order valence-electron chi connectivity index (χ2n) is 5.65. The number of pyridine rings is 1. The molecule has 2 aromatic heterocycles. The van der Waals surface area contributed by atoms with Gasteiger partial charge in [0, 0.05) is 23.8 Å². The van der Waals surface area contributed by atoms with E-state index < -0.39 is 0 Å². The number of aryl methyl sites for hydroxylation is 1. The Labute approximate surface area is 121 Å². The lowest BCUT2D eigenvalue weighted by atomic mass is 10.1. The van der Waals surface area contributed by atoms with Crippen molar-refractivity contribution in [1.82, 2.24) is 9.55 Å². The number of aromatic nitrogens is 2. The van der Waals surface area contributed by atoms with E-state index in [4.69, 9.17) is 4.74 Å². The lowest BCUT2D eigenvalue weighted by Crippen LogP contribution is -2.05. The average Bonchev–Trinajstić information content (AvgIpc) is 2.65. The van der Waals surface area contributed by atoms with E-state index in [0.29, 0.717) is 12.5 Å². The molecule has 2 rings (SSSR count). The SMILES string of the molecule is C=CCn1c(C)c(C)c2ccnc(OCCC(C)C)c21. The molecule has 0 unspecified atom stereocenters. The molecular weight excluding hydrogens is 248 g/mol. The molecule has 0 aliphatic rings. The van der Waals surface area contributed by atoms with Crippen molar-refractivity contribution in [2.24, 2.45) is 5.92 Å². The minimum absolute atomic E-state index is 0.637. The zero-order valence-corrected chi connectivity index (χ0v) is 12.9. The minimum atomic E-state index is 0.637. The van der Waals surface area contributed by atoms with Crippen LogP contribution < -0.4 is 4.74 Å². The summed E-state index contributed by atoms with van der Waals surface area (Å²) in [4.78, 5) is 4.42. The Kier molecular flexibility index (Phi) is 4.48. The first kappa shape index (κ1) is 14.6. The number of rotatable bonds is 6. The number of fused-ring (bicyclic) bond motifs is 1. The van der Waals surface area contributed by atoms with Gasteiger partial charge in [-0.2, -0.15) is 0 Å². The largest absolute Gasteiger partial charge is 0.476 e. The maximum atomic E-state index is 5.92. The van der Waals surface area contributed by atoms with Crippen molar-refractivity contribution < 1.29 is 4.74 Å². The summed E-state index contributed by atoms with van der Waals surface area (Å²) in [5, 5.41) is 1.22. The van der Waals surface area contributed by atoms with Crippen LogP contribution in [0.1, 0.15) is 31.5 Å². The molecule has 0 spiro atoms. The Morgan fingerprint density at radius 1 is 1.40 bits per heavy atom. The molecule has 0 radical (unpaired) electrons. The van der Waals surface area contributed by atoms with Crippen LogP contribution in [-0.4, -0.2) is 16.2 Å². The molecule has 0 fully saturated rings. The summed E-state index contributed by atoms with van der Waals surface area (Å²) in [6, 6.07) is 2.06. The minimum Gasteiger partial charge on any atom is -0.476 e.